The van der Waals surface area contributed by atoms with Gasteiger partial charge in [-0.2, -0.15) is 0 Å². The quantitative estimate of drug-likeness (QED) is 0.672. The molecule has 0 aromatic heterocycles. The molecule has 0 atom stereocenters. The van der Waals surface area contributed by atoms with Gasteiger partial charge in [-0.25, -0.2) is 0 Å². The molecule has 0 spiro atoms. The highest BCUT2D eigenvalue weighted by atomic mass is 16.5. The van der Waals surface area contributed by atoms with E-state index in [4.69, 9.17) is 4.74 Å². The zero-order valence-electron chi connectivity index (χ0n) is 8.95. The lowest BCUT2D eigenvalue weighted by Crippen LogP contribution is -2.29. The second kappa shape index (κ2) is 3.40. The number of para-hydroxylation sites is 1. The second-order valence-electron chi connectivity index (χ2n) is 3.79. The molecule has 0 fully saturated rings. The molecule has 76 valence electrons. The third kappa shape index (κ3) is 1.39. The number of fused-ring (bicyclic) bond motifs is 1. The van der Waals surface area contributed by atoms with E-state index in [1.54, 1.807) is 0 Å². The van der Waals surface area contributed by atoms with E-state index < -0.39 is 0 Å². The van der Waals surface area contributed by atoms with Crippen molar-refractivity contribution in [3.05, 3.63) is 18.2 Å². The minimum absolute atomic E-state index is 0.772. The van der Waals surface area contributed by atoms with Gasteiger partial charge in [0.2, 0.25) is 0 Å². The summed E-state index contributed by atoms with van der Waals surface area (Å²) in [6, 6.07) is 6.25. The van der Waals surface area contributed by atoms with Crippen LogP contribution in [0, 0.1) is 0 Å². The van der Waals surface area contributed by atoms with Crippen LogP contribution in [0.3, 0.4) is 0 Å². The SMILES string of the molecule is CN(C)c1cccc2c1OCCN2C. The third-order valence-corrected chi connectivity index (χ3v) is 2.54. The highest BCUT2D eigenvalue weighted by Crippen LogP contribution is 2.38. The Labute approximate surface area is 84.9 Å². The van der Waals surface area contributed by atoms with Crippen LogP contribution in [0.4, 0.5) is 11.4 Å². The second-order valence-corrected chi connectivity index (χ2v) is 3.79. The van der Waals surface area contributed by atoms with Gasteiger partial charge >= 0.3 is 0 Å². The lowest BCUT2D eigenvalue weighted by molar-refractivity contribution is 0.312. The number of hydrogen-bond acceptors (Lipinski definition) is 3. The topological polar surface area (TPSA) is 15.7 Å². The van der Waals surface area contributed by atoms with Crippen LogP contribution < -0.4 is 14.5 Å². The first-order valence-corrected chi connectivity index (χ1v) is 4.84. The van der Waals surface area contributed by atoms with Crippen molar-refractivity contribution in [1.82, 2.24) is 0 Å². The van der Waals surface area contributed by atoms with Gasteiger partial charge < -0.3 is 14.5 Å². The molecule has 0 bridgehead atoms. The van der Waals surface area contributed by atoms with Crippen molar-refractivity contribution < 1.29 is 4.74 Å². The van der Waals surface area contributed by atoms with Gasteiger partial charge in [-0.05, 0) is 12.1 Å². The molecule has 0 amide bonds. The number of nitrogens with zero attached hydrogens (tertiary/aromatic N) is 2. The van der Waals surface area contributed by atoms with Crippen molar-refractivity contribution in [1.29, 1.82) is 0 Å². The minimum atomic E-state index is 0.772. The minimum Gasteiger partial charge on any atom is -0.487 e. The van der Waals surface area contributed by atoms with Crippen LogP contribution in [0.1, 0.15) is 0 Å². The molecule has 0 radical (unpaired) electrons. The highest BCUT2D eigenvalue weighted by molar-refractivity contribution is 5.73. The summed E-state index contributed by atoms with van der Waals surface area (Å²) in [7, 11) is 6.17. The van der Waals surface area contributed by atoms with Gasteiger partial charge in [-0.15, -0.1) is 0 Å². The fourth-order valence-corrected chi connectivity index (χ4v) is 1.72. The Morgan fingerprint density at radius 2 is 2.14 bits per heavy atom. The molecule has 1 aliphatic heterocycles. The fraction of sp³-hybridized carbons (Fsp3) is 0.455. The van der Waals surface area contributed by atoms with Crippen molar-refractivity contribution in [2.24, 2.45) is 0 Å². The summed E-state index contributed by atoms with van der Waals surface area (Å²) in [5.41, 5.74) is 2.33. The Morgan fingerprint density at radius 1 is 1.36 bits per heavy atom. The van der Waals surface area contributed by atoms with Crippen LogP contribution in [-0.4, -0.2) is 34.3 Å². The van der Waals surface area contributed by atoms with E-state index in [1.165, 1.54) is 5.69 Å². The van der Waals surface area contributed by atoms with E-state index in [2.05, 4.69) is 35.0 Å². The zero-order valence-corrected chi connectivity index (χ0v) is 8.95. The summed E-state index contributed by atoms with van der Waals surface area (Å²) in [6.07, 6.45) is 0. The summed E-state index contributed by atoms with van der Waals surface area (Å²) in [6.45, 7) is 1.73. The van der Waals surface area contributed by atoms with Crippen LogP contribution in [0.5, 0.6) is 5.75 Å². The molecule has 0 saturated heterocycles. The summed E-state index contributed by atoms with van der Waals surface area (Å²) in [5, 5.41) is 0. The van der Waals surface area contributed by atoms with E-state index >= 15 is 0 Å². The van der Waals surface area contributed by atoms with Crippen LogP contribution in [-0.2, 0) is 0 Å². The Balaban J connectivity index is 2.49. The normalized spacial score (nSPS) is 14.6. The lowest BCUT2D eigenvalue weighted by Gasteiger charge is -2.30. The van der Waals surface area contributed by atoms with Crippen molar-refractivity contribution >= 4 is 11.4 Å². The number of anilines is 2. The molecule has 1 aliphatic rings. The fourth-order valence-electron chi connectivity index (χ4n) is 1.72. The average Bonchev–Trinajstić information content (AvgIpc) is 2.17. The van der Waals surface area contributed by atoms with Gasteiger partial charge in [-0.3, -0.25) is 0 Å². The highest BCUT2D eigenvalue weighted by Gasteiger charge is 2.18. The zero-order chi connectivity index (χ0) is 10.1. The first-order valence-electron chi connectivity index (χ1n) is 4.84. The number of hydrogen-bond donors (Lipinski definition) is 0. The Bertz CT molecular complexity index is 322. The van der Waals surface area contributed by atoms with Crippen molar-refractivity contribution in [2.45, 2.75) is 0 Å². The lowest BCUT2D eigenvalue weighted by atomic mass is 10.2. The van der Waals surface area contributed by atoms with Crippen molar-refractivity contribution in [2.75, 3.05) is 44.1 Å². The maximum atomic E-state index is 5.70. The smallest absolute Gasteiger partial charge is 0.165 e. The summed E-state index contributed by atoms with van der Waals surface area (Å²) >= 11 is 0. The molecule has 14 heavy (non-hydrogen) atoms. The summed E-state index contributed by atoms with van der Waals surface area (Å²) in [5.74, 6) is 1.01. The first kappa shape index (κ1) is 9.19. The predicted molar refractivity (Wildman–Crippen MR) is 59.5 cm³/mol. The molecule has 1 aromatic rings. The molecule has 2 rings (SSSR count). The monoisotopic (exact) mass is 192 g/mol. The van der Waals surface area contributed by atoms with Crippen LogP contribution in [0.2, 0.25) is 0 Å². The molecule has 0 aliphatic carbocycles. The van der Waals surface area contributed by atoms with Gasteiger partial charge in [0.05, 0.1) is 17.9 Å². The third-order valence-electron chi connectivity index (χ3n) is 2.54. The van der Waals surface area contributed by atoms with Gasteiger partial charge in [0.25, 0.3) is 0 Å². The Morgan fingerprint density at radius 3 is 2.86 bits per heavy atom. The molecule has 3 nitrogen and oxygen atoms in total. The molecule has 0 N–H and O–H groups in total. The van der Waals surface area contributed by atoms with E-state index in [-0.39, 0.29) is 0 Å². The van der Waals surface area contributed by atoms with Gasteiger partial charge in [0.15, 0.2) is 5.75 Å². The molecular formula is C11H16N2O. The van der Waals surface area contributed by atoms with E-state index in [1.807, 2.05) is 14.1 Å². The molecule has 1 aromatic carbocycles. The molecule has 0 unspecified atom stereocenters. The standard InChI is InChI=1S/C11H16N2O/c1-12(2)9-5-4-6-10-11(9)14-8-7-13(10)3/h4-6H,7-8H2,1-3H3. The summed E-state index contributed by atoms with van der Waals surface area (Å²) < 4.78 is 5.70. The molecule has 3 heteroatoms. The molecule has 0 saturated carbocycles. The van der Waals surface area contributed by atoms with Crippen molar-refractivity contribution in [3.63, 3.8) is 0 Å². The number of likely N-dealkylation sites (N-methyl/N-ethyl adjacent to an activating group) is 1. The molecular weight excluding hydrogens is 176 g/mol. The number of rotatable bonds is 1. The van der Waals surface area contributed by atoms with E-state index in [0.29, 0.717) is 0 Å². The maximum absolute atomic E-state index is 5.70. The van der Waals surface area contributed by atoms with Crippen LogP contribution in [0.15, 0.2) is 18.2 Å². The van der Waals surface area contributed by atoms with Gasteiger partial charge in [0.1, 0.15) is 6.61 Å². The van der Waals surface area contributed by atoms with Gasteiger partial charge in [0, 0.05) is 21.1 Å². The first-order chi connectivity index (χ1) is 6.70. The van der Waals surface area contributed by atoms with Crippen LogP contribution >= 0.6 is 0 Å². The van der Waals surface area contributed by atoms with E-state index in [0.717, 1.165) is 24.6 Å². The number of ether oxygens (including phenoxy) is 1. The Kier molecular flexibility index (Phi) is 2.23. The maximum Gasteiger partial charge on any atom is 0.165 e. The largest absolute Gasteiger partial charge is 0.487 e. The van der Waals surface area contributed by atoms with Crippen LogP contribution in [0.25, 0.3) is 0 Å². The average molecular weight is 192 g/mol. The van der Waals surface area contributed by atoms with E-state index in [9.17, 15) is 0 Å². The summed E-state index contributed by atoms with van der Waals surface area (Å²) in [4.78, 5) is 4.31. The number of benzene rings is 1. The molecule has 1 heterocycles. The van der Waals surface area contributed by atoms with Crippen molar-refractivity contribution in [3.8, 4) is 5.75 Å². The van der Waals surface area contributed by atoms with Gasteiger partial charge in [-0.1, -0.05) is 6.07 Å². The Hall–Kier alpha value is -1.38. The predicted octanol–water partition coefficient (Wildman–Crippen LogP) is 1.58.